The monoisotopic (exact) mass is 223 g/mol. The second-order valence-electron chi connectivity index (χ2n) is 3.59. The number of esters is 1. The minimum absolute atomic E-state index is 0.343. The lowest BCUT2D eigenvalue weighted by atomic mass is 9.96. The number of rotatable bonds is 4. The van der Waals surface area contributed by atoms with Gasteiger partial charge in [0.05, 0.1) is 18.0 Å². The molecule has 1 unspecified atom stereocenters. The average Bonchev–Trinajstić information content (AvgIpc) is 2.29. The van der Waals surface area contributed by atoms with Crippen molar-refractivity contribution in [3.05, 3.63) is 23.8 Å². The molecule has 1 rings (SSSR count). The van der Waals surface area contributed by atoms with E-state index in [1.807, 2.05) is 6.92 Å². The van der Waals surface area contributed by atoms with E-state index in [-0.39, 0.29) is 5.97 Å². The molecule has 0 aliphatic carbocycles. The molecule has 5 nitrogen and oxygen atoms in total. The van der Waals surface area contributed by atoms with E-state index in [1.54, 1.807) is 33.3 Å². The highest BCUT2D eigenvalue weighted by atomic mass is 16.5. The number of carbonyl (C=O) groups is 1. The summed E-state index contributed by atoms with van der Waals surface area (Å²) in [4.78, 5) is 20.2. The van der Waals surface area contributed by atoms with Gasteiger partial charge in [-0.1, -0.05) is 0 Å². The third-order valence-corrected chi connectivity index (χ3v) is 2.54. The highest BCUT2D eigenvalue weighted by Gasteiger charge is 2.38. The Morgan fingerprint density at radius 2 is 2.12 bits per heavy atom. The second-order valence-corrected chi connectivity index (χ2v) is 3.59. The summed E-state index contributed by atoms with van der Waals surface area (Å²) in [7, 11) is 1.70. The van der Waals surface area contributed by atoms with Crippen LogP contribution in [0.15, 0.2) is 12.4 Å². The van der Waals surface area contributed by atoms with Gasteiger partial charge in [-0.3, -0.25) is 9.97 Å². The zero-order valence-corrected chi connectivity index (χ0v) is 10.1. The summed E-state index contributed by atoms with van der Waals surface area (Å²) in [6, 6.07) is 0. The van der Waals surface area contributed by atoms with Crippen LogP contribution >= 0.6 is 0 Å². The van der Waals surface area contributed by atoms with Crippen LogP contribution in [-0.4, -0.2) is 29.6 Å². The molecule has 0 aromatic carbocycles. The fourth-order valence-electron chi connectivity index (χ4n) is 1.49. The number of ether oxygens (including phenoxy) is 1. The first kappa shape index (κ1) is 12.6. The standard InChI is InChI=1S/C11H17N3O2/c1-5-16-10(15)11(3,12-4)9-8(2)13-6-7-14-9/h6-7,12H,5H2,1-4H3. The van der Waals surface area contributed by atoms with Gasteiger partial charge in [0.2, 0.25) is 0 Å². The molecule has 1 aromatic rings. The molecule has 0 aliphatic rings. The van der Waals surface area contributed by atoms with E-state index >= 15 is 0 Å². The van der Waals surface area contributed by atoms with Gasteiger partial charge < -0.3 is 10.1 Å². The molecule has 0 saturated carbocycles. The minimum Gasteiger partial charge on any atom is -0.464 e. The molecule has 1 N–H and O–H groups in total. The average molecular weight is 223 g/mol. The summed E-state index contributed by atoms with van der Waals surface area (Å²) in [5, 5.41) is 2.94. The van der Waals surface area contributed by atoms with Crippen molar-refractivity contribution >= 4 is 5.97 Å². The van der Waals surface area contributed by atoms with Crippen LogP contribution < -0.4 is 5.32 Å². The van der Waals surface area contributed by atoms with Crippen molar-refractivity contribution in [3.8, 4) is 0 Å². The summed E-state index contributed by atoms with van der Waals surface area (Å²) in [5.41, 5.74) is 0.359. The predicted molar refractivity (Wildman–Crippen MR) is 59.8 cm³/mol. The smallest absolute Gasteiger partial charge is 0.332 e. The van der Waals surface area contributed by atoms with E-state index < -0.39 is 5.54 Å². The van der Waals surface area contributed by atoms with Crippen LogP contribution in [0.2, 0.25) is 0 Å². The van der Waals surface area contributed by atoms with Crippen molar-refractivity contribution in [1.29, 1.82) is 0 Å². The van der Waals surface area contributed by atoms with Gasteiger partial charge in [-0.15, -0.1) is 0 Å². The molecule has 0 saturated heterocycles. The van der Waals surface area contributed by atoms with Crippen molar-refractivity contribution in [2.45, 2.75) is 26.3 Å². The summed E-state index contributed by atoms with van der Waals surface area (Å²) in [5.74, 6) is -0.346. The van der Waals surface area contributed by atoms with Gasteiger partial charge in [-0.05, 0) is 27.8 Å². The fourth-order valence-corrected chi connectivity index (χ4v) is 1.49. The Kier molecular flexibility index (Phi) is 3.95. The molecular weight excluding hydrogens is 206 g/mol. The molecule has 16 heavy (non-hydrogen) atoms. The van der Waals surface area contributed by atoms with E-state index in [0.717, 1.165) is 0 Å². The zero-order valence-electron chi connectivity index (χ0n) is 10.1. The molecule has 0 fully saturated rings. The van der Waals surface area contributed by atoms with Crippen LogP contribution in [0.25, 0.3) is 0 Å². The minimum atomic E-state index is -0.950. The van der Waals surface area contributed by atoms with Crippen molar-refractivity contribution in [2.75, 3.05) is 13.7 Å². The number of carbonyl (C=O) groups excluding carboxylic acids is 1. The van der Waals surface area contributed by atoms with Gasteiger partial charge in [-0.25, -0.2) is 4.79 Å². The fraction of sp³-hybridized carbons (Fsp3) is 0.545. The number of aromatic nitrogens is 2. The molecule has 0 aliphatic heterocycles. The van der Waals surface area contributed by atoms with Gasteiger partial charge >= 0.3 is 5.97 Å². The quantitative estimate of drug-likeness (QED) is 0.764. The number of nitrogens with zero attached hydrogens (tertiary/aromatic N) is 2. The molecule has 88 valence electrons. The van der Waals surface area contributed by atoms with E-state index in [2.05, 4.69) is 15.3 Å². The summed E-state index contributed by atoms with van der Waals surface area (Å²) in [6.07, 6.45) is 3.16. The lowest BCUT2D eigenvalue weighted by Gasteiger charge is -2.26. The van der Waals surface area contributed by atoms with E-state index in [1.165, 1.54) is 0 Å². The Labute approximate surface area is 95.3 Å². The van der Waals surface area contributed by atoms with E-state index in [9.17, 15) is 4.79 Å². The second kappa shape index (κ2) is 5.03. The van der Waals surface area contributed by atoms with Crippen molar-refractivity contribution in [2.24, 2.45) is 0 Å². The van der Waals surface area contributed by atoms with Crippen LogP contribution in [0.1, 0.15) is 25.2 Å². The molecule has 1 aromatic heterocycles. The first-order valence-corrected chi connectivity index (χ1v) is 5.20. The van der Waals surface area contributed by atoms with Gasteiger partial charge in [0, 0.05) is 12.4 Å². The lowest BCUT2D eigenvalue weighted by molar-refractivity contribution is -0.151. The van der Waals surface area contributed by atoms with Gasteiger partial charge in [-0.2, -0.15) is 0 Å². The van der Waals surface area contributed by atoms with Gasteiger partial charge in [0.25, 0.3) is 0 Å². The molecule has 0 amide bonds. The summed E-state index contributed by atoms with van der Waals surface area (Å²) < 4.78 is 5.04. The Bertz CT molecular complexity index is 381. The van der Waals surface area contributed by atoms with Crippen LogP contribution in [0, 0.1) is 6.92 Å². The lowest BCUT2D eigenvalue weighted by Crippen LogP contribution is -2.47. The van der Waals surface area contributed by atoms with E-state index in [0.29, 0.717) is 18.0 Å². The van der Waals surface area contributed by atoms with Crippen molar-refractivity contribution in [1.82, 2.24) is 15.3 Å². The first-order valence-electron chi connectivity index (χ1n) is 5.20. The van der Waals surface area contributed by atoms with Crippen LogP contribution in [0.3, 0.4) is 0 Å². The summed E-state index contributed by atoms with van der Waals surface area (Å²) >= 11 is 0. The van der Waals surface area contributed by atoms with Crippen LogP contribution in [-0.2, 0) is 15.1 Å². The highest BCUT2D eigenvalue weighted by Crippen LogP contribution is 2.21. The third kappa shape index (κ3) is 2.19. The maximum Gasteiger partial charge on any atom is 0.332 e. The highest BCUT2D eigenvalue weighted by molar-refractivity contribution is 5.81. The van der Waals surface area contributed by atoms with E-state index in [4.69, 9.17) is 4.74 Å². The molecule has 0 spiro atoms. The van der Waals surface area contributed by atoms with Gasteiger partial charge in [0.1, 0.15) is 0 Å². The number of hydrogen-bond donors (Lipinski definition) is 1. The predicted octanol–water partition coefficient (Wildman–Crippen LogP) is 0.783. The Balaban J connectivity index is 3.14. The van der Waals surface area contributed by atoms with Gasteiger partial charge in [0.15, 0.2) is 5.54 Å². The molecule has 5 heteroatoms. The zero-order chi connectivity index (χ0) is 12.2. The maximum absolute atomic E-state index is 11.9. The summed E-state index contributed by atoms with van der Waals surface area (Å²) in [6.45, 7) is 5.67. The topological polar surface area (TPSA) is 64.1 Å². The number of aryl methyl sites for hydroxylation is 1. The molecular formula is C11H17N3O2. The maximum atomic E-state index is 11.9. The third-order valence-electron chi connectivity index (χ3n) is 2.54. The molecule has 1 heterocycles. The Morgan fingerprint density at radius 1 is 1.50 bits per heavy atom. The Morgan fingerprint density at radius 3 is 2.62 bits per heavy atom. The number of hydrogen-bond acceptors (Lipinski definition) is 5. The Hall–Kier alpha value is -1.49. The molecule has 0 radical (unpaired) electrons. The SMILES string of the molecule is CCOC(=O)C(C)(NC)c1nccnc1C. The molecule has 0 bridgehead atoms. The largest absolute Gasteiger partial charge is 0.464 e. The number of likely N-dealkylation sites (N-methyl/N-ethyl adjacent to an activating group) is 1. The van der Waals surface area contributed by atoms with Crippen molar-refractivity contribution in [3.63, 3.8) is 0 Å². The van der Waals surface area contributed by atoms with Crippen LogP contribution in [0.4, 0.5) is 0 Å². The van der Waals surface area contributed by atoms with Crippen LogP contribution in [0.5, 0.6) is 0 Å². The first-order chi connectivity index (χ1) is 7.56. The van der Waals surface area contributed by atoms with Crippen molar-refractivity contribution < 1.29 is 9.53 Å². The molecule has 1 atom stereocenters. The normalized spacial score (nSPS) is 14.2. The number of nitrogens with one attached hydrogen (secondary N) is 1.